The highest BCUT2D eigenvalue weighted by Crippen LogP contribution is 2.16. The van der Waals surface area contributed by atoms with Gasteiger partial charge in [0.15, 0.2) is 0 Å². The van der Waals surface area contributed by atoms with Gasteiger partial charge < -0.3 is 9.80 Å². The zero-order valence-electron chi connectivity index (χ0n) is 14.4. The second-order valence-electron chi connectivity index (χ2n) is 6.29. The Morgan fingerprint density at radius 1 is 1.17 bits per heavy atom. The second kappa shape index (κ2) is 7.53. The normalized spacial score (nSPS) is 16.0. The molecule has 0 radical (unpaired) electrons. The lowest BCUT2D eigenvalue weighted by atomic mass is 10.1. The van der Waals surface area contributed by atoms with E-state index in [0.29, 0.717) is 11.3 Å². The maximum atomic E-state index is 12.7. The molecule has 0 amide bonds. The van der Waals surface area contributed by atoms with E-state index in [4.69, 9.17) is 0 Å². The van der Waals surface area contributed by atoms with Crippen molar-refractivity contribution in [2.45, 2.75) is 19.8 Å². The number of ketones is 1. The number of carbonyl (C=O) groups is 1. The zero-order valence-corrected chi connectivity index (χ0v) is 14.4. The highest BCUT2D eigenvalue weighted by atomic mass is 16.1. The van der Waals surface area contributed by atoms with Crippen molar-refractivity contribution in [1.29, 1.82) is 0 Å². The Bertz CT molecular complexity index is 716. The highest BCUT2D eigenvalue weighted by Gasteiger charge is 2.16. The van der Waals surface area contributed by atoms with Gasteiger partial charge in [0.2, 0.25) is 5.78 Å². The lowest BCUT2D eigenvalue weighted by Gasteiger charge is -2.22. The Labute approximate surface area is 143 Å². The van der Waals surface area contributed by atoms with E-state index in [9.17, 15) is 4.79 Å². The summed E-state index contributed by atoms with van der Waals surface area (Å²) in [7, 11) is 2.14. The van der Waals surface area contributed by atoms with Gasteiger partial charge in [0.05, 0.1) is 0 Å². The Morgan fingerprint density at radius 2 is 2.04 bits per heavy atom. The van der Waals surface area contributed by atoms with E-state index in [2.05, 4.69) is 33.7 Å². The summed E-state index contributed by atoms with van der Waals surface area (Å²) >= 11 is 0. The topological polar surface area (TPSA) is 49.3 Å². The summed E-state index contributed by atoms with van der Waals surface area (Å²) < 4.78 is 0. The monoisotopic (exact) mass is 324 g/mol. The SMILES string of the molecule is CCc1cncc(C(=O)c2cccc(N3CCCN(C)CC3)n2)c1. The van der Waals surface area contributed by atoms with E-state index in [1.54, 1.807) is 18.5 Å². The average molecular weight is 324 g/mol. The molecule has 1 aliphatic rings. The summed E-state index contributed by atoms with van der Waals surface area (Å²) in [5.74, 6) is 0.822. The van der Waals surface area contributed by atoms with E-state index < -0.39 is 0 Å². The van der Waals surface area contributed by atoms with Gasteiger partial charge in [-0.2, -0.15) is 0 Å². The van der Waals surface area contributed by atoms with Crippen LogP contribution in [0.5, 0.6) is 0 Å². The molecule has 0 spiro atoms. The fourth-order valence-electron chi connectivity index (χ4n) is 2.95. The first kappa shape index (κ1) is 16.6. The largest absolute Gasteiger partial charge is 0.355 e. The first-order valence-corrected chi connectivity index (χ1v) is 8.56. The number of carbonyl (C=O) groups excluding carboxylic acids is 1. The molecule has 0 bridgehead atoms. The Hall–Kier alpha value is -2.27. The molecular weight excluding hydrogens is 300 g/mol. The standard InChI is InChI=1S/C19H24N4O/c1-3-15-12-16(14-20-13-15)19(24)17-6-4-7-18(21-17)23-9-5-8-22(2)10-11-23/h4,6-7,12-14H,3,5,8-11H2,1-2H3. The molecule has 24 heavy (non-hydrogen) atoms. The van der Waals surface area contributed by atoms with Gasteiger partial charge in [-0.1, -0.05) is 13.0 Å². The summed E-state index contributed by atoms with van der Waals surface area (Å²) in [5, 5.41) is 0. The molecule has 0 atom stereocenters. The highest BCUT2D eigenvalue weighted by molar-refractivity contribution is 6.07. The Morgan fingerprint density at radius 3 is 2.88 bits per heavy atom. The van der Waals surface area contributed by atoms with E-state index in [0.717, 1.165) is 50.4 Å². The van der Waals surface area contributed by atoms with Gasteiger partial charge in [-0.25, -0.2) is 4.98 Å². The molecular formula is C19H24N4O. The predicted molar refractivity (Wildman–Crippen MR) is 95.6 cm³/mol. The van der Waals surface area contributed by atoms with Crippen molar-refractivity contribution in [3.8, 4) is 0 Å². The number of nitrogens with zero attached hydrogens (tertiary/aromatic N) is 4. The number of rotatable bonds is 4. The molecule has 126 valence electrons. The van der Waals surface area contributed by atoms with E-state index in [1.807, 2.05) is 18.2 Å². The molecule has 5 nitrogen and oxygen atoms in total. The number of aryl methyl sites for hydroxylation is 1. The van der Waals surface area contributed by atoms with Crippen molar-refractivity contribution in [2.75, 3.05) is 38.1 Å². The summed E-state index contributed by atoms with van der Waals surface area (Å²) in [4.78, 5) is 26.1. The van der Waals surface area contributed by atoms with Gasteiger partial charge in [0.25, 0.3) is 0 Å². The maximum Gasteiger partial charge on any atom is 0.212 e. The van der Waals surface area contributed by atoms with Crippen molar-refractivity contribution < 1.29 is 4.79 Å². The van der Waals surface area contributed by atoms with Crippen LogP contribution in [0.2, 0.25) is 0 Å². The van der Waals surface area contributed by atoms with Gasteiger partial charge >= 0.3 is 0 Å². The number of pyridine rings is 2. The van der Waals surface area contributed by atoms with Gasteiger partial charge in [0, 0.05) is 37.6 Å². The first-order valence-electron chi connectivity index (χ1n) is 8.56. The summed E-state index contributed by atoms with van der Waals surface area (Å²) in [6, 6.07) is 7.60. The summed E-state index contributed by atoms with van der Waals surface area (Å²) in [6.45, 7) is 6.09. The van der Waals surface area contributed by atoms with Crippen LogP contribution in [0.25, 0.3) is 0 Å². The van der Waals surface area contributed by atoms with E-state index in [-0.39, 0.29) is 5.78 Å². The van der Waals surface area contributed by atoms with Gasteiger partial charge in [-0.3, -0.25) is 9.78 Å². The zero-order chi connectivity index (χ0) is 16.9. The smallest absolute Gasteiger partial charge is 0.212 e. The molecule has 0 unspecified atom stereocenters. The van der Waals surface area contributed by atoms with Crippen molar-refractivity contribution in [1.82, 2.24) is 14.9 Å². The molecule has 5 heteroatoms. The van der Waals surface area contributed by atoms with Crippen molar-refractivity contribution in [2.24, 2.45) is 0 Å². The van der Waals surface area contributed by atoms with Crippen LogP contribution in [0.1, 0.15) is 35.0 Å². The van der Waals surface area contributed by atoms with Crippen molar-refractivity contribution in [3.63, 3.8) is 0 Å². The van der Waals surface area contributed by atoms with Crippen molar-refractivity contribution in [3.05, 3.63) is 53.5 Å². The molecule has 0 saturated carbocycles. The van der Waals surface area contributed by atoms with Crippen LogP contribution in [0.3, 0.4) is 0 Å². The maximum absolute atomic E-state index is 12.7. The molecule has 3 rings (SSSR count). The molecule has 0 aromatic carbocycles. The third-order valence-corrected chi connectivity index (χ3v) is 4.48. The third-order valence-electron chi connectivity index (χ3n) is 4.48. The molecule has 3 heterocycles. The van der Waals surface area contributed by atoms with Crippen LogP contribution in [0.15, 0.2) is 36.7 Å². The molecule has 0 aliphatic carbocycles. The molecule has 0 N–H and O–H groups in total. The minimum absolute atomic E-state index is 0.0633. The number of hydrogen-bond donors (Lipinski definition) is 0. The lowest BCUT2D eigenvalue weighted by molar-refractivity contribution is 0.103. The quantitative estimate of drug-likeness (QED) is 0.808. The molecule has 1 aliphatic heterocycles. The van der Waals surface area contributed by atoms with Crippen LogP contribution in [-0.4, -0.2) is 53.9 Å². The number of aromatic nitrogens is 2. The van der Waals surface area contributed by atoms with Crippen LogP contribution >= 0.6 is 0 Å². The van der Waals surface area contributed by atoms with Gasteiger partial charge in [0.1, 0.15) is 11.5 Å². The van der Waals surface area contributed by atoms with Gasteiger partial charge in [-0.15, -0.1) is 0 Å². The van der Waals surface area contributed by atoms with Crippen LogP contribution in [0.4, 0.5) is 5.82 Å². The molecule has 1 saturated heterocycles. The second-order valence-corrected chi connectivity index (χ2v) is 6.29. The Balaban J connectivity index is 1.83. The lowest BCUT2D eigenvalue weighted by Crippen LogP contribution is -2.29. The summed E-state index contributed by atoms with van der Waals surface area (Å²) in [5.41, 5.74) is 2.15. The van der Waals surface area contributed by atoms with Crippen LogP contribution in [-0.2, 0) is 6.42 Å². The van der Waals surface area contributed by atoms with Crippen molar-refractivity contribution >= 4 is 11.6 Å². The molecule has 1 fully saturated rings. The fourth-order valence-corrected chi connectivity index (χ4v) is 2.95. The van der Waals surface area contributed by atoms with Gasteiger partial charge in [-0.05, 0) is 50.2 Å². The third kappa shape index (κ3) is 3.79. The Kier molecular flexibility index (Phi) is 5.20. The molecule has 2 aromatic rings. The number of anilines is 1. The average Bonchev–Trinajstić information content (AvgIpc) is 2.86. The summed E-state index contributed by atoms with van der Waals surface area (Å²) in [6.07, 6.45) is 5.40. The molecule has 2 aromatic heterocycles. The predicted octanol–water partition coefficient (Wildman–Crippen LogP) is 2.41. The fraction of sp³-hybridized carbons (Fsp3) is 0.421. The van der Waals surface area contributed by atoms with E-state index in [1.165, 1.54) is 0 Å². The minimum Gasteiger partial charge on any atom is -0.355 e. The van der Waals surface area contributed by atoms with Crippen LogP contribution in [0, 0.1) is 0 Å². The first-order chi connectivity index (χ1) is 11.7. The van der Waals surface area contributed by atoms with Crippen LogP contribution < -0.4 is 4.90 Å². The number of likely N-dealkylation sites (N-methyl/N-ethyl adjacent to an activating group) is 1. The number of hydrogen-bond acceptors (Lipinski definition) is 5. The minimum atomic E-state index is -0.0633. The van der Waals surface area contributed by atoms with E-state index >= 15 is 0 Å².